The van der Waals surface area contributed by atoms with Crippen LogP contribution in [-0.2, 0) is 6.54 Å². The minimum Gasteiger partial charge on any atom is -0.352 e. The normalized spacial score (nSPS) is 10.4. The molecule has 1 aromatic heterocycles. The summed E-state index contributed by atoms with van der Waals surface area (Å²) in [6.07, 6.45) is 5.27. The Morgan fingerprint density at radius 2 is 2.11 bits per heavy atom. The molecule has 1 N–H and O–H groups in total. The van der Waals surface area contributed by atoms with Crippen molar-refractivity contribution in [3.8, 4) is 0 Å². The number of amides is 1. The van der Waals surface area contributed by atoms with Gasteiger partial charge in [0.2, 0.25) is 0 Å². The second-order valence-corrected chi connectivity index (χ2v) is 4.40. The van der Waals surface area contributed by atoms with Gasteiger partial charge in [-0.05, 0) is 24.1 Å². The molecule has 0 atom stereocenters. The zero-order valence-corrected chi connectivity index (χ0v) is 11.0. The smallest absolute Gasteiger partial charge is 0.251 e. The SMILES string of the molecule is CCCCNC(=O)c1ccc(Cn2cncn2)cc1. The van der Waals surface area contributed by atoms with E-state index in [1.165, 1.54) is 6.33 Å². The van der Waals surface area contributed by atoms with Gasteiger partial charge in [-0.1, -0.05) is 25.5 Å². The lowest BCUT2D eigenvalue weighted by molar-refractivity contribution is 0.0953. The van der Waals surface area contributed by atoms with Gasteiger partial charge in [-0.3, -0.25) is 4.79 Å². The number of aromatic nitrogens is 3. The van der Waals surface area contributed by atoms with Gasteiger partial charge in [-0.2, -0.15) is 5.10 Å². The largest absolute Gasteiger partial charge is 0.352 e. The lowest BCUT2D eigenvalue weighted by Crippen LogP contribution is -2.24. The molecule has 0 aliphatic heterocycles. The van der Waals surface area contributed by atoms with E-state index in [0.717, 1.165) is 24.9 Å². The zero-order chi connectivity index (χ0) is 13.5. The predicted molar refractivity (Wildman–Crippen MR) is 72.8 cm³/mol. The monoisotopic (exact) mass is 258 g/mol. The standard InChI is InChI=1S/C14H18N4O/c1-2-3-8-16-14(19)13-6-4-12(5-7-13)9-18-11-15-10-17-18/h4-7,10-11H,2-3,8-9H2,1H3,(H,16,19). The Balaban J connectivity index is 1.92. The third-order valence-electron chi connectivity index (χ3n) is 2.84. The summed E-state index contributed by atoms with van der Waals surface area (Å²) in [5.74, 6) is -0.0132. The van der Waals surface area contributed by atoms with Crippen LogP contribution < -0.4 is 5.32 Å². The van der Waals surface area contributed by atoms with E-state index >= 15 is 0 Å². The summed E-state index contributed by atoms with van der Waals surface area (Å²) in [6, 6.07) is 7.56. The summed E-state index contributed by atoms with van der Waals surface area (Å²) in [7, 11) is 0. The highest BCUT2D eigenvalue weighted by Gasteiger charge is 2.04. The van der Waals surface area contributed by atoms with E-state index in [4.69, 9.17) is 0 Å². The molecule has 0 unspecified atom stereocenters. The molecule has 0 aliphatic rings. The first-order chi connectivity index (χ1) is 9.29. The van der Waals surface area contributed by atoms with Crippen molar-refractivity contribution in [3.05, 3.63) is 48.0 Å². The number of rotatable bonds is 6. The van der Waals surface area contributed by atoms with Gasteiger partial charge in [0.1, 0.15) is 12.7 Å². The van der Waals surface area contributed by atoms with Crippen molar-refractivity contribution in [1.82, 2.24) is 20.1 Å². The number of hydrogen-bond acceptors (Lipinski definition) is 3. The van der Waals surface area contributed by atoms with Crippen molar-refractivity contribution in [2.24, 2.45) is 0 Å². The van der Waals surface area contributed by atoms with Crippen LogP contribution in [0.5, 0.6) is 0 Å². The van der Waals surface area contributed by atoms with Crippen LogP contribution in [0.15, 0.2) is 36.9 Å². The van der Waals surface area contributed by atoms with Crippen LogP contribution >= 0.6 is 0 Å². The van der Waals surface area contributed by atoms with E-state index in [-0.39, 0.29) is 5.91 Å². The minimum atomic E-state index is -0.0132. The number of carbonyl (C=O) groups is 1. The maximum atomic E-state index is 11.8. The Morgan fingerprint density at radius 1 is 1.32 bits per heavy atom. The van der Waals surface area contributed by atoms with Gasteiger partial charge >= 0.3 is 0 Å². The molecule has 1 aromatic carbocycles. The first kappa shape index (κ1) is 13.3. The van der Waals surface area contributed by atoms with E-state index in [9.17, 15) is 4.79 Å². The molecule has 0 aliphatic carbocycles. The summed E-state index contributed by atoms with van der Waals surface area (Å²) in [5.41, 5.74) is 1.79. The van der Waals surface area contributed by atoms with Crippen molar-refractivity contribution in [3.63, 3.8) is 0 Å². The van der Waals surface area contributed by atoms with Gasteiger partial charge < -0.3 is 5.32 Å². The van der Waals surface area contributed by atoms with E-state index in [0.29, 0.717) is 12.1 Å². The molecule has 0 saturated carbocycles. The second kappa shape index (κ2) is 6.68. The summed E-state index contributed by atoms with van der Waals surface area (Å²) in [4.78, 5) is 15.7. The summed E-state index contributed by atoms with van der Waals surface area (Å²) in [6.45, 7) is 3.50. The molecule has 2 rings (SSSR count). The van der Waals surface area contributed by atoms with Gasteiger partial charge in [-0.25, -0.2) is 9.67 Å². The fourth-order valence-electron chi connectivity index (χ4n) is 1.74. The van der Waals surface area contributed by atoms with Crippen LogP contribution in [-0.4, -0.2) is 27.2 Å². The van der Waals surface area contributed by atoms with E-state index < -0.39 is 0 Å². The van der Waals surface area contributed by atoms with Crippen LogP contribution in [0, 0.1) is 0 Å². The first-order valence-electron chi connectivity index (χ1n) is 6.49. The average molecular weight is 258 g/mol. The fraction of sp³-hybridized carbons (Fsp3) is 0.357. The molecular formula is C14H18N4O. The molecule has 0 spiro atoms. The van der Waals surface area contributed by atoms with E-state index in [2.05, 4.69) is 22.3 Å². The van der Waals surface area contributed by atoms with Crippen molar-refractivity contribution in [2.75, 3.05) is 6.54 Å². The summed E-state index contributed by atoms with van der Waals surface area (Å²) < 4.78 is 1.75. The topological polar surface area (TPSA) is 59.8 Å². The van der Waals surface area contributed by atoms with Crippen molar-refractivity contribution in [1.29, 1.82) is 0 Å². The number of nitrogens with one attached hydrogen (secondary N) is 1. The van der Waals surface area contributed by atoms with Crippen molar-refractivity contribution >= 4 is 5.91 Å². The molecular weight excluding hydrogens is 240 g/mol. The first-order valence-corrected chi connectivity index (χ1v) is 6.49. The quantitative estimate of drug-likeness (QED) is 0.804. The fourth-order valence-corrected chi connectivity index (χ4v) is 1.74. The van der Waals surface area contributed by atoms with Gasteiger partial charge in [0.15, 0.2) is 0 Å². The number of nitrogens with zero attached hydrogens (tertiary/aromatic N) is 3. The third-order valence-corrected chi connectivity index (χ3v) is 2.84. The lowest BCUT2D eigenvalue weighted by Gasteiger charge is -2.05. The maximum Gasteiger partial charge on any atom is 0.251 e. The van der Waals surface area contributed by atoms with E-state index in [1.807, 2.05) is 24.3 Å². The Kier molecular flexibility index (Phi) is 4.66. The van der Waals surface area contributed by atoms with Crippen LogP contribution in [0.2, 0.25) is 0 Å². The molecule has 100 valence electrons. The Morgan fingerprint density at radius 3 is 2.74 bits per heavy atom. The molecule has 0 radical (unpaired) electrons. The van der Waals surface area contributed by atoms with Gasteiger partial charge in [-0.15, -0.1) is 0 Å². The number of unbranched alkanes of at least 4 members (excludes halogenated alkanes) is 1. The molecule has 0 bridgehead atoms. The van der Waals surface area contributed by atoms with Gasteiger partial charge in [0.05, 0.1) is 6.54 Å². The molecule has 19 heavy (non-hydrogen) atoms. The Bertz CT molecular complexity index is 505. The minimum absolute atomic E-state index is 0.0132. The predicted octanol–water partition coefficient (Wildman–Crippen LogP) is 1.86. The van der Waals surface area contributed by atoms with Crippen molar-refractivity contribution in [2.45, 2.75) is 26.3 Å². The molecule has 1 heterocycles. The molecule has 1 amide bonds. The number of hydrogen-bond donors (Lipinski definition) is 1. The summed E-state index contributed by atoms with van der Waals surface area (Å²) >= 11 is 0. The maximum absolute atomic E-state index is 11.8. The highest BCUT2D eigenvalue weighted by molar-refractivity contribution is 5.94. The van der Waals surface area contributed by atoms with Gasteiger partial charge in [0, 0.05) is 12.1 Å². The third kappa shape index (κ3) is 3.91. The zero-order valence-electron chi connectivity index (χ0n) is 11.0. The summed E-state index contributed by atoms with van der Waals surface area (Å²) in [5, 5.41) is 6.94. The van der Waals surface area contributed by atoms with E-state index in [1.54, 1.807) is 11.0 Å². The van der Waals surface area contributed by atoms with Gasteiger partial charge in [0.25, 0.3) is 5.91 Å². The van der Waals surface area contributed by atoms with Crippen LogP contribution in [0.1, 0.15) is 35.7 Å². The average Bonchev–Trinajstić information content (AvgIpc) is 2.93. The lowest BCUT2D eigenvalue weighted by atomic mass is 10.1. The Hall–Kier alpha value is -2.17. The molecule has 0 saturated heterocycles. The molecule has 5 heteroatoms. The van der Waals surface area contributed by atoms with Crippen molar-refractivity contribution < 1.29 is 4.79 Å². The number of benzene rings is 1. The highest BCUT2D eigenvalue weighted by Crippen LogP contribution is 2.06. The highest BCUT2D eigenvalue weighted by atomic mass is 16.1. The second-order valence-electron chi connectivity index (χ2n) is 4.40. The number of carbonyl (C=O) groups excluding carboxylic acids is 1. The Labute approximate surface area is 112 Å². The molecule has 5 nitrogen and oxygen atoms in total. The molecule has 2 aromatic rings. The van der Waals surface area contributed by atoms with Crippen LogP contribution in [0.25, 0.3) is 0 Å². The van der Waals surface area contributed by atoms with Crippen LogP contribution in [0.4, 0.5) is 0 Å². The van der Waals surface area contributed by atoms with Crippen LogP contribution in [0.3, 0.4) is 0 Å². The molecule has 0 fully saturated rings.